The molecule has 14 heavy (non-hydrogen) atoms. The predicted molar refractivity (Wildman–Crippen MR) is 45.9 cm³/mol. The van der Waals surface area contributed by atoms with Crippen LogP contribution in [0.4, 0.5) is 0 Å². The van der Waals surface area contributed by atoms with E-state index in [1.807, 2.05) is 0 Å². The number of rotatable bonds is 3. The van der Waals surface area contributed by atoms with E-state index >= 15 is 0 Å². The highest BCUT2D eigenvalue weighted by molar-refractivity contribution is 5.71. The minimum Gasteiger partial charge on any atom is -0.394 e. The van der Waals surface area contributed by atoms with E-state index in [-0.39, 0.29) is 12.5 Å². The molecule has 0 saturated carbocycles. The number of aliphatic hydroxyl groups is 2. The highest BCUT2D eigenvalue weighted by Crippen LogP contribution is 2.19. The molecule has 0 radical (unpaired) electrons. The van der Waals surface area contributed by atoms with Crippen molar-refractivity contribution in [2.24, 2.45) is 0 Å². The summed E-state index contributed by atoms with van der Waals surface area (Å²) in [6.45, 7) is 1.06. The molecule has 0 aliphatic carbocycles. The molecule has 1 heterocycles. The molecule has 0 aromatic heterocycles. The summed E-state index contributed by atoms with van der Waals surface area (Å²) in [6, 6.07) is 0. The number of hydrogen-bond donors (Lipinski definition) is 3. The van der Waals surface area contributed by atoms with Crippen LogP contribution in [-0.2, 0) is 14.4 Å². The van der Waals surface area contributed by atoms with Crippen LogP contribution in [0.3, 0.4) is 0 Å². The Hall–Kier alpha value is -0.690. The van der Waals surface area contributed by atoms with Crippen LogP contribution in [0, 0.1) is 0 Å². The molecule has 0 bridgehead atoms. The number of hydroxylamine groups is 1. The van der Waals surface area contributed by atoms with Gasteiger partial charge in [0, 0.05) is 13.3 Å². The van der Waals surface area contributed by atoms with Crippen molar-refractivity contribution in [3.8, 4) is 0 Å². The number of amides is 1. The van der Waals surface area contributed by atoms with Crippen molar-refractivity contribution in [2.45, 2.75) is 38.3 Å². The average Bonchev–Trinajstić information content (AvgIpc) is 2.16. The average molecular weight is 205 g/mol. The summed E-state index contributed by atoms with van der Waals surface area (Å²) < 4.78 is 5.16. The number of hydrogen-bond acceptors (Lipinski definition) is 5. The molecule has 1 aliphatic heterocycles. The molecule has 1 rings (SSSR count). The Morgan fingerprint density at radius 3 is 2.93 bits per heavy atom. The quantitative estimate of drug-likeness (QED) is 0.510. The van der Waals surface area contributed by atoms with Gasteiger partial charge in [0.05, 0.1) is 12.7 Å². The summed E-state index contributed by atoms with van der Waals surface area (Å²) in [5, 5.41) is 18.2. The maximum atomic E-state index is 10.5. The molecule has 0 spiro atoms. The maximum Gasteiger partial charge on any atom is 0.240 e. The monoisotopic (exact) mass is 205 g/mol. The normalized spacial score (nSPS) is 32.6. The number of carbonyl (C=O) groups is 1. The van der Waals surface area contributed by atoms with Crippen LogP contribution in [0.1, 0.15) is 19.8 Å². The third kappa shape index (κ3) is 3.22. The van der Waals surface area contributed by atoms with Gasteiger partial charge in [-0.15, -0.1) is 0 Å². The molecule has 1 saturated heterocycles. The second kappa shape index (κ2) is 5.26. The Kier molecular flexibility index (Phi) is 4.27. The van der Waals surface area contributed by atoms with Gasteiger partial charge in [-0.3, -0.25) is 4.79 Å². The lowest BCUT2D eigenvalue weighted by molar-refractivity contribution is -0.249. The van der Waals surface area contributed by atoms with Crippen LogP contribution >= 0.6 is 0 Å². The third-order valence-corrected chi connectivity index (χ3v) is 1.97. The first-order chi connectivity index (χ1) is 6.63. The lowest BCUT2D eigenvalue weighted by Gasteiger charge is -2.31. The lowest BCUT2D eigenvalue weighted by Crippen LogP contribution is -2.44. The molecule has 6 nitrogen and oxygen atoms in total. The summed E-state index contributed by atoms with van der Waals surface area (Å²) in [6.07, 6.45) is -0.938. The smallest absolute Gasteiger partial charge is 0.240 e. The van der Waals surface area contributed by atoms with Crippen molar-refractivity contribution in [3.05, 3.63) is 0 Å². The molecule has 3 atom stereocenters. The van der Waals surface area contributed by atoms with Gasteiger partial charge in [0.1, 0.15) is 6.10 Å². The van der Waals surface area contributed by atoms with Gasteiger partial charge < -0.3 is 14.9 Å². The summed E-state index contributed by atoms with van der Waals surface area (Å²) in [5.74, 6) is -0.319. The van der Waals surface area contributed by atoms with Crippen molar-refractivity contribution < 1.29 is 24.6 Å². The van der Waals surface area contributed by atoms with Crippen LogP contribution in [-0.4, -0.2) is 41.2 Å². The summed E-state index contributed by atoms with van der Waals surface area (Å²) in [7, 11) is 0. The Bertz CT molecular complexity index is 198. The topological polar surface area (TPSA) is 88.0 Å². The lowest BCUT2D eigenvalue weighted by atomic mass is 10.1. The second-order valence-electron chi connectivity index (χ2n) is 3.21. The maximum absolute atomic E-state index is 10.5. The first-order valence-corrected chi connectivity index (χ1v) is 4.50. The SMILES string of the molecule is CC(=O)NO[C@@H]1CC[C@H](O)[C@@H](CO)O1. The largest absolute Gasteiger partial charge is 0.394 e. The molecule has 0 aromatic rings. The zero-order valence-corrected chi connectivity index (χ0v) is 7.97. The predicted octanol–water partition coefficient (Wildman–Crippen LogP) is -1.09. The fraction of sp³-hybridized carbons (Fsp3) is 0.875. The van der Waals surface area contributed by atoms with Gasteiger partial charge in [0.15, 0.2) is 6.29 Å². The standard InChI is InChI=1S/C8H15NO5/c1-5(11)9-14-8-3-2-6(12)7(4-10)13-8/h6-8,10,12H,2-4H2,1H3,(H,9,11)/t6-,7+,8+/m0/s1. The van der Waals surface area contributed by atoms with Gasteiger partial charge in [0.2, 0.25) is 5.91 Å². The third-order valence-electron chi connectivity index (χ3n) is 1.97. The molecule has 1 amide bonds. The second-order valence-corrected chi connectivity index (χ2v) is 3.21. The van der Waals surface area contributed by atoms with Gasteiger partial charge >= 0.3 is 0 Å². The molecule has 0 unspecified atom stereocenters. The number of ether oxygens (including phenoxy) is 1. The van der Waals surface area contributed by atoms with Gasteiger partial charge in [-0.1, -0.05) is 0 Å². The Morgan fingerprint density at radius 2 is 2.36 bits per heavy atom. The summed E-state index contributed by atoms with van der Waals surface area (Å²) in [4.78, 5) is 15.4. The minimum atomic E-state index is -0.669. The fourth-order valence-corrected chi connectivity index (χ4v) is 1.25. The fourth-order valence-electron chi connectivity index (χ4n) is 1.25. The number of nitrogens with one attached hydrogen (secondary N) is 1. The first kappa shape index (κ1) is 11.4. The minimum absolute atomic E-state index is 0.263. The van der Waals surface area contributed by atoms with Gasteiger partial charge in [-0.2, -0.15) is 0 Å². The van der Waals surface area contributed by atoms with E-state index in [4.69, 9.17) is 14.7 Å². The van der Waals surface area contributed by atoms with Crippen LogP contribution in [0.25, 0.3) is 0 Å². The first-order valence-electron chi connectivity index (χ1n) is 4.50. The van der Waals surface area contributed by atoms with E-state index in [1.165, 1.54) is 6.92 Å². The van der Waals surface area contributed by atoms with Crippen molar-refractivity contribution in [2.75, 3.05) is 6.61 Å². The van der Waals surface area contributed by atoms with E-state index in [0.717, 1.165) is 0 Å². The molecule has 1 fully saturated rings. The zero-order chi connectivity index (χ0) is 10.6. The summed E-state index contributed by atoms with van der Waals surface area (Å²) >= 11 is 0. The van der Waals surface area contributed by atoms with Crippen molar-refractivity contribution in [1.29, 1.82) is 0 Å². The Morgan fingerprint density at radius 1 is 1.64 bits per heavy atom. The molecule has 0 aromatic carbocycles. The molecule has 3 N–H and O–H groups in total. The Balaban J connectivity index is 2.31. The van der Waals surface area contributed by atoms with Crippen LogP contribution < -0.4 is 5.48 Å². The molecule has 82 valence electrons. The van der Waals surface area contributed by atoms with E-state index in [1.54, 1.807) is 0 Å². The summed E-state index contributed by atoms with van der Waals surface area (Å²) in [5.41, 5.74) is 2.15. The number of carbonyl (C=O) groups excluding carboxylic acids is 1. The zero-order valence-electron chi connectivity index (χ0n) is 7.97. The van der Waals surface area contributed by atoms with Crippen molar-refractivity contribution in [3.63, 3.8) is 0 Å². The van der Waals surface area contributed by atoms with Crippen LogP contribution in [0.2, 0.25) is 0 Å². The van der Waals surface area contributed by atoms with Crippen LogP contribution in [0.15, 0.2) is 0 Å². The van der Waals surface area contributed by atoms with Gasteiger partial charge in [0.25, 0.3) is 0 Å². The van der Waals surface area contributed by atoms with E-state index in [9.17, 15) is 9.90 Å². The molecule has 1 aliphatic rings. The highest BCUT2D eigenvalue weighted by atomic mass is 16.8. The van der Waals surface area contributed by atoms with Crippen LogP contribution in [0.5, 0.6) is 0 Å². The number of aliphatic hydroxyl groups excluding tert-OH is 2. The van der Waals surface area contributed by atoms with E-state index in [2.05, 4.69) is 5.48 Å². The van der Waals surface area contributed by atoms with Gasteiger partial charge in [-0.25, -0.2) is 10.3 Å². The molecule has 6 heteroatoms. The van der Waals surface area contributed by atoms with E-state index in [0.29, 0.717) is 12.8 Å². The van der Waals surface area contributed by atoms with E-state index < -0.39 is 18.5 Å². The Labute approximate surface area is 81.8 Å². The molecular formula is C8H15NO5. The van der Waals surface area contributed by atoms with Crippen molar-refractivity contribution >= 4 is 5.91 Å². The van der Waals surface area contributed by atoms with Crippen molar-refractivity contribution in [1.82, 2.24) is 5.48 Å². The highest BCUT2D eigenvalue weighted by Gasteiger charge is 2.30. The van der Waals surface area contributed by atoms with Gasteiger partial charge in [-0.05, 0) is 6.42 Å². The molecular weight excluding hydrogens is 190 g/mol.